The normalized spacial score (nSPS) is 12.9. The maximum Gasteiger partial charge on any atom is 0.235 e. The van der Waals surface area contributed by atoms with Crippen LogP contribution in [0.3, 0.4) is 0 Å². The number of rotatable bonds is 7. The van der Waals surface area contributed by atoms with Crippen LogP contribution in [0, 0.1) is 0 Å². The Morgan fingerprint density at radius 2 is 2.21 bits per heavy atom. The van der Waals surface area contributed by atoms with Crippen molar-refractivity contribution in [3.8, 4) is 0 Å². The van der Waals surface area contributed by atoms with E-state index in [-0.39, 0.29) is 11.9 Å². The van der Waals surface area contributed by atoms with E-state index in [1.165, 1.54) is 0 Å². The van der Waals surface area contributed by atoms with Gasteiger partial charge in [-0.1, -0.05) is 0 Å². The molecule has 0 aliphatic heterocycles. The standard InChI is InChI=1S/C9H22N4O/c1-8(7-9(14)12-10)13(3)6-4-5-11-2/h8,11H,4-7,10H2,1-3H3,(H,12,14). The highest BCUT2D eigenvalue weighted by Crippen LogP contribution is 2.01. The number of carbonyl (C=O) groups is 1. The summed E-state index contributed by atoms with van der Waals surface area (Å²) in [5.41, 5.74) is 2.14. The van der Waals surface area contributed by atoms with Gasteiger partial charge in [0.1, 0.15) is 0 Å². The molecule has 0 aromatic heterocycles. The molecule has 1 unspecified atom stereocenters. The third kappa shape index (κ3) is 5.90. The third-order valence-corrected chi connectivity index (χ3v) is 2.33. The molecule has 1 atom stereocenters. The number of nitrogens with zero attached hydrogens (tertiary/aromatic N) is 1. The Hall–Kier alpha value is -0.650. The molecule has 84 valence electrons. The van der Waals surface area contributed by atoms with Crippen molar-refractivity contribution in [1.82, 2.24) is 15.6 Å². The summed E-state index contributed by atoms with van der Waals surface area (Å²) in [4.78, 5) is 13.1. The summed E-state index contributed by atoms with van der Waals surface area (Å²) in [6, 6.07) is 0.232. The highest BCUT2D eigenvalue weighted by atomic mass is 16.2. The molecule has 5 nitrogen and oxygen atoms in total. The second-order valence-corrected chi connectivity index (χ2v) is 3.56. The van der Waals surface area contributed by atoms with E-state index in [4.69, 9.17) is 5.84 Å². The van der Waals surface area contributed by atoms with Crippen molar-refractivity contribution in [2.24, 2.45) is 5.84 Å². The maximum atomic E-state index is 11.0. The lowest BCUT2D eigenvalue weighted by Crippen LogP contribution is -2.38. The average molecular weight is 202 g/mol. The van der Waals surface area contributed by atoms with Crippen molar-refractivity contribution >= 4 is 5.91 Å². The Balaban J connectivity index is 3.64. The Morgan fingerprint density at radius 1 is 1.57 bits per heavy atom. The van der Waals surface area contributed by atoms with E-state index in [1.807, 2.05) is 21.0 Å². The van der Waals surface area contributed by atoms with Crippen molar-refractivity contribution in [3.05, 3.63) is 0 Å². The van der Waals surface area contributed by atoms with E-state index in [2.05, 4.69) is 15.6 Å². The van der Waals surface area contributed by atoms with Gasteiger partial charge in [0.2, 0.25) is 5.91 Å². The monoisotopic (exact) mass is 202 g/mol. The van der Waals surface area contributed by atoms with Crippen LogP contribution in [0.25, 0.3) is 0 Å². The predicted molar refractivity (Wildman–Crippen MR) is 57.6 cm³/mol. The number of hydrogen-bond acceptors (Lipinski definition) is 4. The molecular weight excluding hydrogens is 180 g/mol. The summed E-state index contributed by atoms with van der Waals surface area (Å²) in [6.07, 6.45) is 1.54. The van der Waals surface area contributed by atoms with Gasteiger partial charge >= 0.3 is 0 Å². The molecule has 0 aliphatic rings. The number of nitrogens with one attached hydrogen (secondary N) is 2. The first-order valence-corrected chi connectivity index (χ1v) is 4.96. The first-order valence-electron chi connectivity index (χ1n) is 4.96. The zero-order valence-electron chi connectivity index (χ0n) is 9.34. The SMILES string of the molecule is CNCCCN(C)C(C)CC(=O)NN. The molecule has 1 amide bonds. The summed E-state index contributed by atoms with van der Waals surface area (Å²) in [7, 11) is 3.95. The summed E-state index contributed by atoms with van der Waals surface area (Å²) >= 11 is 0. The van der Waals surface area contributed by atoms with Gasteiger partial charge in [0.25, 0.3) is 0 Å². The molecule has 0 rings (SSSR count). The summed E-state index contributed by atoms with van der Waals surface area (Å²) in [5.74, 6) is 4.90. The van der Waals surface area contributed by atoms with Gasteiger partial charge in [-0.05, 0) is 40.5 Å². The summed E-state index contributed by atoms with van der Waals surface area (Å²) < 4.78 is 0. The van der Waals surface area contributed by atoms with Crippen LogP contribution in [0.5, 0.6) is 0 Å². The van der Waals surface area contributed by atoms with E-state index in [0.29, 0.717) is 6.42 Å². The van der Waals surface area contributed by atoms with Crippen LogP contribution >= 0.6 is 0 Å². The largest absolute Gasteiger partial charge is 0.320 e. The maximum absolute atomic E-state index is 11.0. The molecule has 0 bridgehead atoms. The van der Waals surface area contributed by atoms with Crippen LogP contribution in [0.4, 0.5) is 0 Å². The van der Waals surface area contributed by atoms with E-state index in [9.17, 15) is 4.79 Å². The molecule has 5 heteroatoms. The Kier molecular flexibility index (Phi) is 7.37. The fraction of sp³-hybridized carbons (Fsp3) is 0.889. The summed E-state index contributed by atoms with van der Waals surface area (Å²) in [6.45, 7) is 4.01. The number of carbonyl (C=O) groups excluding carboxylic acids is 1. The van der Waals surface area contributed by atoms with Gasteiger partial charge in [-0.3, -0.25) is 10.2 Å². The van der Waals surface area contributed by atoms with Crippen molar-refractivity contribution in [1.29, 1.82) is 0 Å². The lowest BCUT2D eigenvalue weighted by molar-refractivity contribution is -0.122. The Bertz CT molecular complexity index is 163. The highest BCUT2D eigenvalue weighted by Gasteiger charge is 2.12. The van der Waals surface area contributed by atoms with Crippen LogP contribution < -0.4 is 16.6 Å². The van der Waals surface area contributed by atoms with Crippen molar-refractivity contribution in [3.63, 3.8) is 0 Å². The van der Waals surface area contributed by atoms with Crippen LogP contribution in [-0.2, 0) is 4.79 Å². The number of hydrogen-bond donors (Lipinski definition) is 3. The van der Waals surface area contributed by atoms with Crippen LogP contribution in [0.15, 0.2) is 0 Å². The minimum Gasteiger partial charge on any atom is -0.320 e. The van der Waals surface area contributed by atoms with Gasteiger partial charge in [-0.15, -0.1) is 0 Å². The molecule has 0 aromatic carbocycles. The van der Waals surface area contributed by atoms with Gasteiger partial charge < -0.3 is 10.2 Å². The smallest absolute Gasteiger partial charge is 0.235 e. The molecule has 4 N–H and O–H groups in total. The molecule has 14 heavy (non-hydrogen) atoms. The topological polar surface area (TPSA) is 70.4 Å². The molecule has 0 saturated carbocycles. The minimum atomic E-state index is -0.113. The van der Waals surface area contributed by atoms with E-state index in [0.717, 1.165) is 19.5 Å². The van der Waals surface area contributed by atoms with Crippen LogP contribution in [0.1, 0.15) is 19.8 Å². The third-order valence-electron chi connectivity index (χ3n) is 2.33. The lowest BCUT2D eigenvalue weighted by Gasteiger charge is -2.23. The number of amides is 1. The molecule has 0 saturated heterocycles. The quantitative estimate of drug-likeness (QED) is 0.221. The number of nitrogens with two attached hydrogens (primary N) is 1. The molecule has 0 fully saturated rings. The van der Waals surface area contributed by atoms with Crippen LogP contribution in [-0.4, -0.2) is 44.0 Å². The Morgan fingerprint density at radius 3 is 2.71 bits per heavy atom. The van der Waals surface area contributed by atoms with Gasteiger partial charge in [-0.2, -0.15) is 0 Å². The van der Waals surface area contributed by atoms with Crippen molar-refractivity contribution in [2.75, 3.05) is 27.2 Å². The summed E-state index contributed by atoms with van der Waals surface area (Å²) in [5, 5.41) is 3.09. The van der Waals surface area contributed by atoms with Gasteiger partial charge in [-0.25, -0.2) is 5.84 Å². The second-order valence-electron chi connectivity index (χ2n) is 3.56. The fourth-order valence-corrected chi connectivity index (χ4v) is 1.21. The average Bonchev–Trinajstić information content (AvgIpc) is 2.17. The molecule has 0 radical (unpaired) electrons. The second kappa shape index (κ2) is 7.73. The van der Waals surface area contributed by atoms with Crippen molar-refractivity contribution < 1.29 is 4.79 Å². The van der Waals surface area contributed by atoms with Gasteiger partial charge in [0, 0.05) is 12.5 Å². The first kappa shape index (κ1) is 13.4. The van der Waals surface area contributed by atoms with E-state index in [1.54, 1.807) is 0 Å². The van der Waals surface area contributed by atoms with E-state index < -0.39 is 0 Å². The Labute approximate surface area is 86.0 Å². The molecule has 0 aromatic rings. The molecule has 0 spiro atoms. The number of hydrazine groups is 1. The minimum absolute atomic E-state index is 0.113. The van der Waals surface area contributed by atoms with Gasteiger partial charge in [0.15, 0.2) is 0 Å². The van der Waals surface area contributed by atoms with Crippen molar-refractivity contribution in [2.45, 2.75) is 25.8 Å². The van der Waals surface area contributed by atoms with E-state index >= 15 is 0 Å². The molecular formula is C9H22N4O. The predicted octanol–water partition coefficient (Wildman–Crippen LogP) is -0.704. The first-order chi connectivity index (χ1) is 6.61. The van der Waals surface area contributed by atoms with Gasteiger partial charge in [0.05, 0.1) is 0 Å². The fourth-order valence-electron chi connectivity index (χ4n) is 1.21. The van der Waals surface area contributed by atoms with Crippen LogP contribution in [0.2, 0.25) is 0 Å². The highest BCUT2D eigenvalue weighted by molar-refractivity contribution is 5.75. The molecule has 0 aliphatic carbocycles. The molecule has 0 heterocycles. The zero-order chi connectivity index (χ0) is 11.0. The lowest BCUT2D eigenvalue weighted by atomic mass is 10.2. The zero-order valence-corrected chi connectivity index (χ0v) is 9.34.